The summed E-state index contributed by atoms with van der Waals surface area (Å²) in [5.41, 5.74) is 1.92. The van der Waals surface area contributed by atoms with Crippen LogP contribution in [0.2, 0.25) is 0 Å². The summed E-state index contributed by atoms with van der Waals surface area (Å²) in [4.78, 5) is 12.6. The average Bonchev–Trinajstić information content (AvgIpc) is 3.18. The van der Waals surface area contributed by atoms with Crippen LogP contribution in [-0.4, -0.2) is 22.3 Å². The van der Waals surface area contributed by atoms with Crippen molar-refractivity contribution in [2.24, 2.45) is 5.92 Å². The predicted octanol–water partition coefficient (Wildman–Crippen LogP) is 3.63. The number of halogens is 1. The number of nitrogens with one attached hydrogen (secondary N) is 1. The number of carbonyl (C=O) groups excluding carboxylic acids is 1. The van der Waals surface area contributed by atoms with Crippen LogP contribution >= 0.6 is 0 Å². The Hall–Kier alpha value is -2.21. The Morgan fingerprint density at radius 1 is 1.46 bits per heavy atom. The van der Waals surface area contributed by atoms with Gasteiger partial charge in [-0.1, -0.05) is 6.07 Å². The molecule has 1 aromatic carbocycles. The third kappa shape index (κ3) is 3.33. The van der Waals surface area contributed by atoms with Gasteiger partial charge >= 0.3 is 0 Å². The molecular formula is C18H22FN3O2. The van der Waals surface area contributed by atoms with Crippen molar-refractivity contribution in [3.63, 3.8) is 0 Å². The maximum absolute atomic E-state index is 13.6. The Balaban J connectivity index is 1.74. The smallest absolute Gasteiger partial charge is 0.230 e. The number of aryl methyl sites for hydroxylation is 1. The standard InChI is InChI=1S/C18H22FN3O2/c1-11(2)22-10-13(9-20-22)17-15(6-7-24-17)18(23)21-14-5-4-12(3)16(19)8-14/h4-5,8-11,15,17H,6-7H2,1-3H3,(H,21,23)/t15-,17+/m0/s1. The zero-order valence-corrected chi connectivity index (χ0v) is 14.1. The molecule has 5 nitrogen and oxygen atoms in total. The average molecular weight is 331 g/mol. The van der Waals surface area contributed by atoms with Crippen molar-refractivity contribution in [1.29, 1.82) is 0 Å². The molecule has 0 unspecified atom stereocenters. The fourth-order valence-corrected chi connectivity index (χ4v) is 2.87. The number of hydrogen-bond acceptors (Lipinski definition) is 3. The zero-order valence-electron chi connectivity index (χ0n) is 14.1. The number of rotatable bonds is 4. The lowest BCUT2D eigenvalue weighted by Gasteiger charge is -2.17. The van der Waals surface area contributed by atoms with Crippen LogP contribution < -0.4 is 5.32 Å². The van der Waals surface area contributed by atoms with Gasteiger partial charge in [0.1, 0.15) is 5.82 Å². The van der Waals surface area contributed by atoms with Crippen molar-refractivity contribution in [2.45, 2.75) is 39.3 Å². The van der Waals surface area contributed by atoms with Crippen LogP contribution in [-0.2, 0) is 9.53 Å². The molecule has 1 aromatic heterocycles. The van der Waals surface area contributed by atoms with E-state index in [-0.39, 0.29) is 29.8 Å². The highest BCUT2D eigenvalue weighted by Crippen LogP contribution is 2.35. The molecular weight excluding hydrogens is 309 g/mol. The number of carbonyl (C=O) groups is 1. The molecule has 2 heterocycles. The highest BCUT2D eigenvalue weighted by molar-refractivity contribution is 5.93. The molecule has 1 N–H and O–H groups in total. The lowest BCUT2D eigenvalue weighted by Crippen LogP contribution is -2.25. The molecule has 1 amide bonds. The highest BCUT2D eigenvalue weighted by atomic mass is 19.1. The Labute approximate surface area is 140 Å². The maximum atomic E-state index is 13.6. The second kappa shape index (κ2) is 6.73. The van der Waals surface area contributed by atoms with Gasteiger partial charge < -0.3 is 10.1 Å². The normalized spacial score (nSPS) is 20.5. The molecule has 6 heteroatoms. The first-order chi connectivity index (χ1) is 11.5. The van der Waals surface area contributed by atoms with Gasteiger partial charge in [0.2, 0.25) is 5.91 Å². The number of anilines is 1. The molecule has 2 aromatic rings. The molecule has 24 heavy (non-hydrogen) atoms. The van der Waals surface area contributed by atoms with Crippen molar-refractivity contribution < 1.29 is 13.9 Å². The van der Waals surface area contributed by atoms with Gasteiger partial charge in [0.15, 0.2) is 0 Å². The molecule has 0 aliphatic carbocycles. The minimum absolute atomic E-state index is 0.155. The monoisotopic (exact) mass is 331 g/mol. The van der Waals surface area contributed by atoms with Crippen LogP contribution in [0.5, 0.6) is 0 Å². The molecule has 1 fully saturated rings. The molecule has 0 saturated carbocycles. The van der Waals surface area contributed by atoms with E-state index in [2.05, 4.69) is 10.4 Å². The van der Waals surface area contributed by atoms with Gasteiger partial charge in [-0.25, -0.2) is 4.39 Å². The Kier molecular flexibility index (Phi) is 4.66. The van der Waals surface area contributed by atoms with E-state index in [4.69, 9.17) is 4.74 Å². The Bertz CT molecular complexity index is 742. The maximum Gasteiger partial charge on any atom is 0.230 e. The number of amides is 1. The molecule has 0 radical (unpaired) electrons. The van der Waals surface area contributed by atoms with Gasteiger partial charge in [0.25, 0.3) is 0 Å². The van der Waals surface area contributed by atoms with E-state index < -0.39 is 0 Å². The summed E-state index contributed by atoms with van der Waals surface area (Å²) in [7, 11) is 0. The Morgan fingerprint density at radius 2 is 2.25 bits per heavy atom. The second-order valence-corrected chi connectivity index (χ2v) is 6.49. The van der Waals surface area contributed by atoms with Crippen molar-refractivity contribution in [3.8, 4) is 0 Å². The minimum Gasteiger partial charge on any atom is -0.373 e. The second-order valence-electron chi connectivity index (χ2n) is 6.49. The van der Waals surface area contributed by atoms with Gasteiger partial charge in [-0.15, -0.1) is 0 Å². The molecule has 1 saturated heterocycles. The summed E-state index contributed by atoms with van der Waals surface area (Å²) < 4.78 is 21.2. The van der Waals surface area contributed by atoms with Gasteiger partial charge in [0.05, 0.1) is 18.2 Å². The van der Waals surface area contributed by atoms with E-state index in [9.17, 15) is 9.18 Å². The number of ether oxygens (including phenoxy) is 1. The summed E-state index contributed by atoms with van der Waals surface area (Å²) in [6.07, 6.45) is 4.00. The third-order valence-corrected chi connectivity index (χ3v) is 4.35. The van der Waals surface area contributed by atoms with Crippen LogP contribution in [0.1, 0.15) is 43.5 Å². The van der Waals surface area contributed by atoms with Gasteiger partial charge in [0, 0.05) is 30.1 Å². The molecule has 0 spiro atoms. The molecule has 0 bridgehead atoms. The van der Waals surface area contributed by atoms with Crippen molar-refractivity contribution in [2.75, 3.05) is 11.9 Å². The molecule has 128 valence electrons. The number of aromatic nitrogens is 2. The summed E-state index contributed by atoms with van der Waals surface area (Å²) in [6.45, 7) is 6.30. The number of nitrogens with zero attached hydrogens (tertiary/aromatic N) is 2. The van der Waals surface area contributed by atoms with Gasteiger partial charge in [-0.3, -0.25) is 9.48 Å². The van der Waals surface area contributed by atoms with Crippen LogP contribution in [0.3, 0.4) is 0 Å². The van der Waals surface area contributed by atoms with Crippen molar-refractivity contribution in [1.82, 2.24) is 9.78 Å². The topological polar surface area (TPSA) is 56.1 Å². The molecule has 1 aliphatic rings. The first kappa shape index (κ1) is 16.6. The summed E-state index contributed by atoms with van der Waals surface area (Å²) in [5.74, 6) is -0.789. The van der Waals surface area contributed by atoms with Crippen LogP contribution in [0, 0.1) is 18.7 Å². The first-order valence-corrected chi connectivity index (χ1v) is 8.18. The SMILES string of the molecule is Cc1ccc(NC(=O)[C@H]2CCO[C@@H]2c2cnn(C(C)C)c2)cc1F. The lowest BCUT2D eigenvalue weighted by atomic mass is 9.96. The summed E-state index contributed by atoms with van der Waals surface area (Å²) >= 11 is 0. The molecule has 2 atom stereocenters. The minimum atomic E-state index is -0.328. The van der Waals surface area contributed by atoms with E-state index in [1.54, 1.807) is 25.3 Å². The predicted molar refractivity (Wildman–Crippen MR) is 89.2 cm³/mol. The fraction of sp³-hybridized carbons (Fsp3) is 0.444. The lowest BCUT2D eigenvalue weighted by molar-refractivity contribution is -0.121. The third-order valence-electron chi connectivity index (χ3n) is 4.35. The van der Waals surface area contributed by atoms with Crippen LogP contribution in [0.15, 0.2) is 30.6 Å². The number of benzene rings is 1. The molecule has 1 aliphatic heterocycles. The molecule has 3 rings (SSSR count). The van der Waals surface area contributed by atoms with Gasteiger partial charge in [-0.2, -0.15) is 5.10 Å². The zero-order chi connectivity index (χ0) is 17.3. The Morgan fingerprint density at radius 3 is 2.92 bits per heavy atom. The van der Waals surface area contributed by atoms with Crippen molar-refractivity contribution in [3.05, 3.63) is 47.5 Å². The largest absolute Gasteiger partial charge is 0.373 e. The van der Waals surface area contributed by atoms with Gasteiger partial charge in [-0.05, 0) is 44.9 Å². The van der Waals surface area contributed by atoms with Crippen LogP contribution in [0.4, 0.5) is 10.1 Å². The van der Waals surface area contributed by atoms with E-state index in [1.165, 1.54) is 6.07 Å². The summed E-state index contributed by atoms with van der Waals surface area (Å²) in [6, 6.07) is 4.95. The highest BCUT2D eigenvalue weighted by Gasteiger charge is 2.36. The van der Waals surface area contributed by atoms with E-state index in [0.717, 1.165) is 5.56 Å². The summed E-state index contributed by atoms with van der Waals surface area (Å²) in [5, 5.41) is 7.11. The fourth-order valence-electron chi connectivity index (χ4n) is 2.87. The van der Waals surface area contributed by atoms with E-state index in [0.29, 0.717) is 24.3 Å². The van der Waals surface area contributed by atoms with Crippen molar-refractivity contribution >= 4 is 11.6 Å². The number of hydrogen-bond donors (Lipinski definition) is 1. The van der Waals surface area contributed by atoms with E-state index in [1.807, 2.05) is 24.7 Å². The van der Waals surface area contributed by atoms with E-state index >= 15 is 0 Å². The first-order valence-electron chi connectivity index (χ1n) is 8.18. The quantitative estimate of drug-likeness (QED) is 0.931. The van der Waals surface area contributed by atoms with Crippen LogP contribution in [0.25, 0.3) is 0 Å².